The van der Waals surface area contributed by atoms with E-state index in [9.17, 15) is 4.79 Å². The van der Waals surface area contributed by atoms with Crippen LogP contribution in [0.3, 0.4) is 0 Å². The minimum Gasteiger partial charge on any atom is -0.457 e. The molecule has 2 aromatic rings. The maximum Gasteiger partial charge on any atom is 0.340 e. The summed E-state index contributed by atoms with van der Waals surface area (Å²) < 4.78 is 5.17. The Morgan fingerprint density at radius 3 is 2.56 bits per heavy atom. The van der Waals surface area contributed by atoms with E-state index in [1.54, 1.807) is 18.2 Å². The van der Waals surface area contributed by atoms with Gasteiger partial charge in [-0.05, 0) is 17.7 Å². The van der Waals surface area contributed by atoms with Crippen LogP contribution in [0.25, 0.3) is 0 Å². The first-order valence-corrected chi connectivity index (χ1v) is 5.81. The molecule has 0 unspecified atom stereocenters. The van der Waals surface area contributed by atoms with E-state index in [4.69, 9.17) is 22.1 Å². The molecule has 3 nitrogen and oxygen atoms in total. The zero-order chi connectivity index (χ0) is 13.0. The van der Waals surface area contributed by atoms with Crippen LogP contribution in [0, 0.1) is 0 Å². The second kappa shape index (κ2) is 5.56. The van der Waals surface area contributed by atoms with Crippen LogP contribution in [-0.2, 0) is 11.3 Å². The molecular formula is C14H12ClNO2. The van der Waals surface area contributed by atoms with Crippen molar-refractivity contribution in [2.24, 2.45) is 0 Å². The van der Waals surface area contributed by atoms with Crippen molar-refractivity contribution < 1.29 is 9.53 Å². The number of nitrogens with two attached hydrogens (primary N) is 1. The lowest BCUT2D eigenvalue weighted by Crippen LogP contribution is -2.06. The predicted octanol–water partition coefficient (Wildman–Crippen LogP) is 3.28. The van der Waals surface area contributed by atoms with Gasteiger partial charge in [0.2, 0.25) is 0 Å². The third-order valence-corrected chi connectivity index (χ3v) is 2.88. The number of ether oxygens (including phenoxy) is 1. The third kappa shape index (κ3) is 2.81. The fourth-order valence-corrected chi connectivity index (χ4v) is 1.71. The van der Waals surface area contributed by atoms with Gasteiger partial charge in [-0.3, -0.25) is 0 Å². The number of hydrogen-bond acceptors (Lipinski definition) is 3. The molecule has 0 saturated heterocycles. The molecule has 0 aliphatic heterocycles. The van der Waals surface area contributed by atoms with Crippen molar-refractivity contribution in [1.29, 1.82) is 0 Å². The molecule has 0 aliphatic rings. The van der Waals surface area contributed by atoms with Crippen LogP contribution in [0.5, 0.6) is 0 Å². The van der Waals surface area contributed by atoms with Crippen LogP contribution in [0.2, 0.25) is 5.02 Å². The largest absolute Gasteiger partial charge is 0.457 e. The molecule has 0 saturated carbocycles. The summed E-state index contributed by atoms with van der Waals surface area (Å²) in [5, 5.41) is 0.232. The molecule has 2 aromatic carbocycles. The lowest BCUT2D eigenvalue weighted by molar-refractivity contribution is 0.0473. The molecule has 4 heteroatoms. The van der Waals surface area contributed by atoms with Gasteiger partial charge < -0.3 is 10.5 Å². The Morgan fingerprint density at radius 2 is 1.83 bits per heavy atom. The molecule has 0 amide bonds. The molecule has 0 spiro atoms. The number of esters is 1. The third-order valence-electron chi connectivity index (χ3n) is 2.46. The van der Waals surface area contributed by atoms with Crippen LogP contribution in [0.15, 0.2) is 48.5 Å². The Bertz CT molecular complexity index is 555. The molecule has 2 rings (SSSR count). The van der Waals surface area contributed by atoms with Gasteiger partial charge in [0.15, 0.2) is 0 Å². The van der Waals surface area contributed by atoms with Gasteiger partial charge in [0, 0.05) is 0 Å². The minimum atomic E-state index is -0.476. The lowest BCUT2D eigenvalue weighted by Gasteiger charge is -2.07. The molecule has 0 bridgehead atoms. The molecule has 2 N–H and O–H groups in total. The highest BCUT2D eigenvalue weighted by Crippen LogP contribution is 2.23. The standard InChI is InChI=1S/C14H12ClNO2/c15-13-11(7-4-8-12(13)16)14(17)18-9-10-5-2-1-3-6-10/h1-8H,9,16H2. The highest BCUT2D eigenvalue weighted by molar-refractivity contribution is 6.36. The quantitative estimate of drug-likeness (QED) is 0.681. The normalized spacial score (nSPS) is 10.1. The Kier molecular flexibility index (Phi) is 3.85. The number of anilines is 1. The first kappa shape index (κ1) is 12.5. The van der Waals surface area contributed by atoms with Gasteiger partial charge >= 0.3 is 5.97 Å². The summed E-state index contributed by atoms with van der Waals surface area (Å²) in [5.74, 6) is -0.476. The van der Waals surface area contributed by atoms with E-state index in [1.807, 2.05) is 30.3 Å². The SMILES string of the molecule is Nc1cccc(C(=O)OCc2ccccc2)c1Cl. The summed E-state index contributed by atoms with van der Waals surface area (Å²) in [7, 11) is 0. The van der Waals surface area contributed by atoms with Crippen molar-refractivity contribution in [3.05, 3.63) is 64.7 Å². The van der Waals surface area contributed by atoms with E-state index in [0.29, 0.717) is 5.69 Å². The van der Waals surface area contributed by atoms with Crippen LogP contribution in [0.4, 0.5) is 5.69 Å². The van der Waals surface area contributed by atoms with Crippen LogP contribution >= 0.6 is 11.6 Å². The summed E-state index contributed by atoms with van der Waals surface area (Å²) in [5.41, 5.74) is 7.20. The molecule has 0 aromatic heterocycles. The average Bonchev–Trinajstić information content (AvgIpc) is 2.40. The van der Waals surface area contributed by atoms with Crippen molar-refractivity contribution in [2.75, 3.05) is 5.73 Å². The number of rotatable bonds is 3. The van der Waals surface area contributed by atoms with Crippen molar-refractivity contribution in [3.63, 3.8) is 0 Å². The topological polar surface area (TPSA) is 52.3 Å². The number of carbonyl (C=O) groups excluding carboxylic acids is 1. The van der Waals surface area contributed by atoms with Crippen LogP contribution in [-0.4, -0.2) is 5.97 Å². The van der Waals surface area contributed by atoms with Gasteiger partial charge in [0.1, 0.15) is 6.61 Å². The summed E-state index contributed by atoms with van der Waals surface area (Å²) >= 11 is 5.94. The molecular weight excluding hydrogens is 250 g/mol. The number of halogens is 1. The Balaban J connectivity index is 2.07. The maximum atomic E-state index is 11.8. The summed E-state index contributed by atoms with van der Waals surface area (Å²) in [6, 6.07) is 14.3. The van der Waals surface area contributed by atoms with E-state index in [1.165, 1.54) is 0 Å². The number of hydrogen-bond donors (Lipinski definition) is 1. The Morgan fingerprint density at radius 1 is 1.11 bits per heavy atom. The zero-order valence-corrected chi connectivity index (χ0v) is 10.4. The Hall–Kier alpha value is -2.00. The molecule has 0 fully saturated rings. The van der Waals surface area contributed by atoms with Gasteiger partial charge in [-0.1, -0.05) is 48.0 Å². The number of nitrogen functional groups attached to an aromatic ring is 1. The maximum absolute atomic E-state index is 11.8. The van der Waals surface area contributed by atoms with E-state index < -0.39 is 5.97 Å². The first-order valence-electron chi connectivity index (χ1n) is 5.43. The van der Waals surface area contributed by atoms with Crippen molar-refractivity contribution in [3.8, 4) is 0 Å². The predicted molar refractivity (Wildman–Crippen MR) is 71.4 cm³/mol. The first-order chi connectivity index (χ1) is 8.68. The smallest absolute Gasteiger partial charge is 0.340 e. The molecule has 18 heavy (non-hydrogen) atoms. The molecule has 0 radical (unpaired) electrons. The fourth-order valence-electron chi connectivity index (χ4n) is 1.51. The van der Waals surface area contributed by atoms with Gasteiger partial charge in [0.25, 0.3) is 0 Å². The van der Waals surface area contributed by atoms with Crippen LogP contribution < -0.4 is 5.73 Å². The van der Waals surface area contributed by atoms with Gasteiger partial charge in [0.05, 0.1) is 16.3 Å². The molecule has 0 aliphatic carbocycles. The molecule has 0 atom stereocenters. The highest BCUT2D eigenvalue weighted by Gasteiger charge is 2.13. The van der Waals surface area contributed by atoms with Crippen LogP contribution in [0.1, 0.15) is 15.9 Å². The van der Waals surface area contributed by atoms with Gasteiger partial charge in [-0.2, -0.15) is 0 Å². The molecule has 92 valence electrons. The summed E-state index contributed by atoms with van der Waals surface area (Å²) in [6.45, 7) is 0.213. The summed E-state index contributed by atoms with van der Waals surface area (Å²) in [6.07, 6.45) is 0. The Labute approximate surface area is 110 Å². The second-order valence-corrected chi connectivity index (χ2v) is 4.15. The van der Waals surface area contributed by atoms with E-state index in [0.717, 1.165) is 5.56 Å². The van der Waals surface area contributed by atoms with Gasteiger partial charge in [-0.25, -0.2) is 4.79 Å². The molecule has 0 heterocycles. The van der Waals surface area contributed by atoms with Gasteiger partial charge in [-0.15, -0.1) is 0 Å². The highest BCUT2D eigenvalue weighted by atomic mass is 35.5. The fraction of sp³-hybridized carbons (Fsp3) is 0.0714. The minimum absolute atomic E-state index is 0.213. The number of carbonyl (C=O) groups is 1. The zero-order valence-electron chi connectivity index (χ0n) is 9.60. The van der Waals surface area contributed by atoms with E-state index in [2.05, 4.69) is 0 Å². The second-order valence-electron chi connectivity index (χ2n) is 3.77. The summed E-state index contributed by atoms with van der Waals surface area (Å²) in [4.78, 5) is 11.8. The van der Waals surface area contributed by atoms with Crippen molar-refractivity contribution >= 4 is 23.3 Å². The van der Waals surface area contributed by atoms with Crippen molar-refractivity contribution in [2.45, 2.75) is 6.61 Å². The lowest BCUT2D eigenvalue weighted by atomic mass is 10.2. The van der Waals surface area contributed by atoms with Crippen molar-refractivity contribution in [1.82, 2.24) is 0 Å². The monoisotopic (exact) mass is 261 g/mol. The van der Waals surface area contributed by atoms with E-state index in [-0.39, 0.29) is 17.2 Å². The van der Waals surface area contributed by atoms with E-state index >= 15 is 0 Å². The average molecular weight is 262 g/mol. The number of benzene rings is 2.